The number of nitrogens with one attached hydrogen (secondary N) is 2. The van der Waals surface area contributed by atoms with Crippen LogP contribution >= 0.6 is 24.0 Å². The summed E-state index contributed by atoms with van der Waals surface area (Å²) in [5.41, 5.74) is 0.858. The largest absolute Gasteiger partial charge is 0.475 e. The average molecular weight is 538 g/mol. The molecule has 0 aliphatic heterocycles. The molecule has 0 unspecified atom stereocenters. The fraction of sp³-hybridized carbons (Fsp3) is 0.400. The molecule has 1 aromatic carbocycles. The van der Waals surface area contributed by atoms with E-state index in [1.54, 1.807) is 13.3 Å². The van der Waals surface area contributed by atoms with Crippen LogP contribution < -0.4 is 15.4 Å². The zero-order chi connectivity index (χ0) is 21.1. The van der Waals surface area contributed by atoms with Crippen LogP contribution in [0.2, 0.25) is 0 Å². The van der Waals surface area contributed by atoms with Crippen molar-refractivity contribution in [2.45, 2.75) is 26.2 Å². The van der Waals surface area contributed by atoms with Gasteiger partial charge in [-0.1, -0.05) is 18.2 Å². The van der Waals surface area contributed by atoms with Crippen molar-refractivity contribution in [3.63, 3.8) is 0 Å². The van der Waals surface area contributed by atoms with Crippen molar-refractivity contribution < 1.29 is 22.6 Å². The molecule has 2 N–H and O–H groups in total. The molecule has 10 heteroatoms. The van der Waals surface area contributed by atoms with Crippen LogP contribution in [-0.2, 0) is 24.0 Å². The van der Waals surface area contributed by atoms with Crippen molar-refractivity contribution >= 4 is 29.9 Å². The molecule has 0 aliphatic rings. The second-order valence-electron chi connectivity index (χ2n) is 6.05. The molecule has 0 amide bonds. The first kappa shape index (κ1) is 26.0. The van der Waals surface area contributed by atoms with Gasteiger partial charge in [0, 0.05) is 32.0 Å². The maximum absolute atomic E-state index is 12.7. The maximum Gasteiger partial charge on any atom is 0.416 e. The summed E-state index contributed by atoms with van der Waals surface area (Å²) in [6.45, 7) is 4.09. The first-order valence-corrected chi connectivity index (χ1v) is 9.18. The Bertz CT molecular complexity index is 786. The van der Waals surface area contributed by atoms with E-state index in [-0.39, 0.29) is 30.5 Å². The normalized spacial score (nSPS) is 11.6. The van der Waals surface area contributed by atoms with E-state index in [0.29, 0.717) is 43.7 Å². The number of guanidine groups is 1. The minimum Gasteiger partial charge on any atom is -0.475 e. The molecule has 0 fully saturated rings. The lowest BCUT2D eigenvalue weighted by Crippen LogP contribution is -2.36. The van der Waals surface area contributed by atoms with Gasteiger partial charge in [0.1, 0.15) is 6.61 Å². The number of nitrogens with zero attached hydrogens (tertiary/aromatic N) is 2. The molecule has 0 bridgehead atoms. The SMILES string of the molecule is CCNC(=NCc1ccc(C(F)(F)F)cc1)NCc1cccnc1OCCOC.I. The number of methoxy groups -OCH3 is 1. The van der Waals surface area contributed by atoms with Crippen LogP contribution in [-0.4, -0.2) is 37.8 Å². The molecule has 0 spiro atoms. The van der Waals surface area contributed by atoms with Crippen LogP contribution in [0.1, 0.15) is 23.6 Å². The lowest BCUT2D eigenvalue weighted by Gasteiger charge is -2.14. The lowest BCUT2D eigenvalue weighted by atomic mass is 10.1. The van der Waals surface area contributed by atoms with Crippen LogP contribution in [0.15, 0.2) is 47.6 Å². The summed E-state index contributed by atoms with van der Waals surface area (Å²) in [6, 6.07) is 8.68. The fourth-order valence-electron chi connectivity index (χ4n) is 2.40. The molecule has 0 saturated carbocycles. The molecule has 30 heavy (non-hydrogen) atoms. The number of aliphatic imine (C=N–C) groups is 1. The molecular formula is C20H26F3IN4O2. The zero-order valence-corrected chi connectivity index (χ0v) is 19.2. The standard InChI is InChI=1S/C20H25F3N4O2.HI/c1-3-24-19(26-13-15-6-8-17(9-7-15)20(21,22)23)27-14-16-5-4-10-25-18(16)29-12-11-28-2;/h4-10H,3,11-14H2,1-2H3,(H2,24,26,27);1H. The Hall–Kier alpha value is -2.08. The fourth-order valence-corrected chi connectivity index (χ4v) is 2.40. The number of benzene rings is 1. The molecule has 0 radical (unpaired) electrons. The molecule has 2 aromatic rings. The predicted octanol–water partition coefficient (Wildman–Crippen LogP) is 4.00. The monoisotopic (exact) mass is 538 g/mol. The Morgan fingerprint density at radius 3 is 2.47 bits per heavy atom. The summed E-state index contributed by atoms with van der Waals surface area (Å²) < 4.78 is 48.6. The van der Waals surface area contributed by atoms with E-state index in [1.807, 2.05) is 19.1 Å². The third-order valence-corrected chi connectivity index (χ3v) is 3.87. The number of hydrogen-bond donors (Lipinski definition) is 2. The summed E-state index contributed by atoms with van der Waals surface area (Å²) in [5.74, 6) is 1.05. The predicted molar refractivity (Wildman–Crippen MR) is 120 cm³/mol. The number of pyridine rings is 1. The topological polar surface area (TPSA) is 67.8 Å². The Labute approximate surface area is 191 Å². The van der Waals surface area contributed by atoms with E-state index < -0.39 is 11.7 Å². The Kier molecular flexibility index (Phi) is 11.5. The second-order valence-corrected chi connectivity index (χ2v) is 6.05. The van der Waals surface area contributed by atoms with Gasteiger partial charge >= 0.3 is 6.18 Å². The summed E-state index contributed by atoms with van der Waals surface area (Å²) >= 11 is 0. The molecule has 166 valence electrons. The van der Waals surface area contributed by atoms with Gasteiger partial charge in [0.05, 0.1) is 18.7 Å². The van der Waals surface area contributed by atoms with E-state index in [0.717, 1.165) is 17.7 Å². The van der Waals surface area contributed by atoms with E-state index in [2.05, 4.69) is 20.6 Å². The third kappa shape index (κ3) is 8.74. The van der Waals surface area contributed by atoms with Gasteiger partial charge in [-0.2, -0.15) is 13.2 Å². The van der Waals surface area contributed by atoms with Crippen molar-refractivity contribution in [1.82, 2.24) is 15.6 Å². The Morgan fingerprint density at radius 2 is 1.83 bits per heavy atom. The summed E-state index contributed by atoms with van der Waals surface area (Å²) in [5, 5.41) is 6.29. The van der Waals surface area contributed by atoms with Crippen LogP contribution in [0, 0.1) is 0 Å². The van der Waals surface area contributed by atoms with Crippen molar-refractivity contribution in [2.75, 3.05) is 26.9 Å². The first-order valence-electron chi connectivity index (χ1n) is 9.18. The first-order chi connectivity index (χ1) is 13.9. The molecule has 1 heterocycles. The summed E-state index contributed by atoms with van der Waals surface area (Å²) in [4.78, 5) is 8.65. The molecule has 2 rings (SSSR count). The number of hydrogen-bond acceptors (Lipinski definition) is 4. The van der Waals surface area contributed by atoms with Gasteiger partial charge in [-0.15, -0.1) is 24.0 Å². The number of alkyl halides is 3. The molecule has 6 nitrogen and oxygen atoms in total. The van der Waals surface area contributed by atoms with Crippen molar-refractivity contribution in [3.05, 3.63) is 59.3 Å². The number of rotatable bonds is 9. The summed E-state index contributed by atoms with van der Waals surface area (Å²) in [7, 11) is 1.60. The summed E-state index contributed by atoms with van der Waals surface area (Å²) in [6.07, 6.45) is -2.69. The van der Waals surface area contributed by atoms with E-state index in [9.17, 15) is 13.2 Å². The quantitative estimate of drug-likeness (QED) is 0.219. The smallest absolute Gasteiger partial charge is 0.416 e. The van der Waals surface area contributed by atoms with E-state index in [4.69, 9.17) is 9.47 Å². The molecule has 0 atom stereocenters. The van der Waals surface area contributed by atoms with Gasteiger partial charge in [-0.05, 0) is 30.7 Å². The molecular weight excluding hydrogens is 512 g/mol. The minimum atomic E-state index is -4.34. The van der Waals surface area contributed by atoms with Crippen molar-refractivity contribution in [2.24, 2.45) is 4.99 Å². The van der Waals surface area contributed by atoms with E-state index in [1.165, 1.54) is 12.1 Å². The van der Waals surface area contributed by atoms with Gasteiger partial charge in [-0.25, -0.2) is 9.98 Å². The highest BCUT2D eigenvalue weighted by Crippen LogP contribution is 2.29. The molecule has 0 aliphatic carbocycles. The Balaban J connectivity index is 0.00000450. The zero-order valence-electron chi connectivity index (χ0n) is 16.8. The molecule has 1 aromatic heterocycles. The minimum absolute atomic E-state index is 0. The maximum atomic E-state index is 12.7. The second kappa shape index (κ2) is 13.3. The highest BCUT2D eigenvalue weighted by molar-refractivity contribution is 14.0. The third-order valence-electron chi connectivity index (χ3n) is 3.87. The van der Waals surface area contributed by atoms with Crippen molar-refractivity contribution in [1.29, 1.82) is 0 Å². The highest BCUT2D eigenvalue weighted by atomic mass is 127. The Morgan fingerprint density at radius 1 is 1.10 bits per heavy atom. The van der Waals surface area contributed by atoms with E-state index >= 15 is 0 Å². The number of ether oxygens (including phenoxy) is 2. The molecule has 0 saturated heterocycles. The van der Waals surface area contributed by atoms with Gasteiger partial charge in [-0.3, -0.25) is 0 Å². The average Bonchev–Trinajstić information content (AvgIpc) is 2.71. The number of halogens is 4. The van der Waals surface area contributed by atoms with Crippen molar-refractivity contribution in [3.8, 4) is 5.88 Å². The van der Waals surface area contributed by atoms with Crippen LogP contribution in [0.3, 0.4) is 0 Å². The van der Waals surface area contributed by atoms with Gasteiger partial charge < -0.3 is 20.1 Å². The number of aromatic nitrogens is 1. The van der Waals surface area contributed by atoms with Gasteiger partial charge in [0.2, 0.25) is 5.88 Å². The van der Waals surface area contributed by atoms with Crippen LogP contribution in [0.25, 0.3) is 0 Å². The van der Waals surface area contributed by atoms with Gasteiger partial charge in [0.25, 0.3) is 0 Å². The van der Waals surface area contributed by atoms with Crippen LogP contribution in [0.5, 0.6) is 5.88 Å². The van der Waals surface area contributed by atoms with Gasteiger partial charge in [0.15, 0.2) is 5.96 Å². The lowest BCUT2D eigenvalue weighted by molar-refractivity contribution is -0.137. The highest BCUT2D eigenvalue weighted by Gasteiger charge is 2.29. The van der Waals surface area contributed by atoms with Crippen LogP contribution in [0.4, 0.5) is 13.2 Å².